The molecule has 0 aliphatic rings. The van der Waals surface area contributed by atoms with Crippen LogP contribution >= 0.6 is 0 Å². The Bertz CT molecular complexity index is 484. The second-order valence-corrected chi connectivity index (χ2v) is 3.54. The number of anilines is 1. The summed E-state index contributed by atoms with van der Waals surface area (Å²) in [5.74, 6) is -0.0401. The molecule has 0 amide bonds. The van der Waals surface area contributed by atoms with Gasteiger partial charge in [0.25, 0.3) is 0 Å². The van der Waals surface area contributed by atoms with Gasteiger partial charge in [-0.25, -0.2) is 14.4 Å². The lowest BCUT2D eigenvalue weighted by Crippen LogP contribution is -2.07. The summed E-state index contributed by atoms with van der Waals surface area (Å²) in [6.07, 6.45) is 4.94. The zero-order valence-electron chi connectivity index (χ0n) is 9.52. The lowest BCUT2D eigenvalue weighted by Gasteiger charge is -2.07. The van der Waals surface area contributed by atoms with Crippen molar-refractivity contribution >= 4 is 5.95 Å². The van der Waals surface area contributed by atoms with Gasteiger partial charge in [0.05, 0.1) is 24.6 Å². The van der Waals surface area contributed by atoms with Gasteiger partial charge in [-0.2, -0.15) is 0 Å². The molecule has 0 fully saturated rings. The molecule has 2 aromatic rings. The summed E-state index contributed by atoms with van der Waals surface area (Å²) in [6, 6.07) is 3.95. The quantitative estimate of drug-likeness (QED) is 0.877. The van der Waals surface area contributed by atoms with Gasteiger partial charge in [-0.3, -0.25) is 4.98 Å². The fraction of sp³-hybridized carbons (Fsp3) is 0.250. The minimum Gasteiger partial charge on any atom is -0.349 e. The number of hydrogen-bond donors (Lipinski definition) is 1. The monoisotopic (exact) mass is 232 g/mol. The Morgan fingerprint density at radius 1 is 1.24 bits per heavy atom. The first kappa shape index (κ1) is 11.4. The number of nitrogens with zero attached hydrogens (tertiary/aromatic N) is 3. The van der Waals surface area contributed by atoms with Gasteiger partial charge in [-0.05, 0) is 18.1 Å². The largest absolute Gasteiger partial charge is 0.349 e. The normalized spacial score (nSPS) is 10.2. The van der Waals surface area contributed by atoms with Gasteiger partial charge in [0, 0.05) is 6.20 Å². The summed E-state index contributed by atoms with van der Waals surface area (Å²) in [6.45, 7) is 2.62. The van der Waals surface area contributed by atoms with Crippen molar-refractivity contribution in [2.45, 2.75) is 19.9 Å². The van der Waals surface area contributed by atoms with E-state index in [0.29, 0.717) is 12.5 Å². The Kier molecular flexibility index (Phi) is 3.59. The third-order valence-electron chi connectivity index (χ3n) is 2.40. The predicted octanol–water partition coefficient (Wildman–Crippen LogP) is 2.19. The highest BCUT2D eigenvalue weighted by atomic mass is 19.1. The molecule has 2 rings (SSSR count). The highest BCUT2D eigenvalue weighted by Gasteiger charge is 2.02. The van der Waals surface area contributed by atoms with E-state index in [4.69, 9.17) is 0 Å². The summed E-state index contributed by atoms with van der Waals surface area (Å²) < 4.78 is 12.6. The third-order valence-corrected chi connectivity index (χ3v) is 2.40. The average molecular weight is 232 g/mol. The predicted molar refractivity (Wildman–Crippen MR) is 62.9 cm³/mol. The van der Waals surface area contributed by atoms with E-state index in [2.05, 4.69) is 27.2 Å². The van der Waals surface area contributed by atoms with Crippen molar-refractivity contribution in [2.24, 2.45) is 0 Å². The molecule has 0 aromatic carbocycles. The van der Waals surface area contributed by atoms with Crippen LogP contribution in [0.1, 0.15) is 18.2 Å². The summed E-state index contributed by atoms with van der Waals surface area (Å²) in [4.78, 5) is 11.9. The molecule has 0 spiro atoms. The number of pyridine rings is 1. The smallest absolute Gasteiger partial charge is 0.223 e. The van der Waals surface area contributed by atoms with Crippen molar-refractivity contribution in [2.75, 3.05) is 5.32 Å². The van der Waals surface area contributed by atoms with E-state index in [9.17, 15) is 4.39 Å². The van der Waals surface area contributed by atoms with Crippen LogP contribution in [0.15, 0.2) is 30.7 Å². The van der Waals surface area contributed by atoms with Gasteiger partial charge in [0.2, 0.25) is 5.95 Å². The SMILES string of the molecule is CCc1cccnc1CNc1ncc(F)cn1. The third kappa shape index (κ3) is 2.96. The Hall–Kier alpha value is -2.04. The van der Waals surface area contributed by atoms with E-state index < -0.39 is 5.82 Å². The van der Waals surface area contributed by atoms with Crippen molar-refractivity contribution in [1.82, 2.24) is 15.0 Å². The van der Waals surface area contributed by atoms with E-state index >= 15 is 0 Å². The van der Waals surface area contributed by atoms with Crippen LogP contribution in [0.4, 0.5) is 10.3 Å². The fourth-order valence-corrected chi connectivity index (χ4v) is 1.52. The summed E-state index contributed by atoms with van der Waals surface area (Å²) in [7, 11) is 0. The molecule has 0 aliphatic carbocycles. The Balaban J connectivity index is 2.04. The van der Waals surface area contributed by atoms with E-state index in [1.807, 2.05) is 12.1 Å². The maximum atomic E-state index is 12.6. The van der Waals surface area contributed by atoms with Gasteiger partial charge >= 0.3 is 0 Å². The number of hydrogen-bond acceptors (Lipinski definition) is 4. The van der Waals surface area contributed by atoms with Crippen LogP contribution in [-0.2, 0) is 13.0 Å². The van der Waals surface area contributed by atoms with Gasteiger partial charge in [-0.15, -0.1) is 0 Å². The minimum absolute atomic E-state index is 0.402. The molecule has 0 aliphatic heterocycles. The number of nitrogens with one attached hydrogen (secondary N) is 1. The summed E-state index contributed by atoms with van der Waals surface area (Å²) in [5, 5.41) is 3.01. The molecule has 2 heterocycles. The van der Waals surface area contributed by atoms with Gasteiger partial charge in [0.1, 0.15) is 0 Å². The van der Waals surface area contributed by atoms with Gasteiger partial charge in [0.15, 0.2) is 5.82 Å². The van der Waals surface area contributed by atoms with Gasteiger partial charge < -0.3 is 5.32 Å². The number of halogens is 1. The van der Waals surface area contributed by atoms with Crippen LogP contribution in [0.25, 0.3) is 0 Å². The first-order chi connectivity index (χ1) is 8.29. The highest BCUT2D eigenvalue weighted by molar-refractivity contribution is 5.27. The Morgan fingerprint density at radius 3 is 2.71 bits per heavy atom. The number of rotatable bonds is 4. The van der Waals surface area contributed by atoms with Crippen LogP contribution in [0.5, 0.6) is 0 Å². The first-order valence-corrected chi connectivity index (χ1v) is 5.43. The molecule has 88 valence electrons. The van der Waals surface area contributed by atoms with Crippen molar-refractivity contribution in [3.05, 3.63) is 47.8 Å². The molecule has 0 unspecified atom stereocenters. The van der Waals surface area contributed by atoms with E-state index in [1.54, 1.807) is 6.20 Å². The molecule has 0 atom stereocenters. The van der Waals surface area contributed by atoms with Crippen molar-refractivity contribution in [3.8, 4) is 0 Å². The molecular weight excluding hydrogens is 219 g/mol. The minimum atomic E-state index is -0.442. The molecule has 4 nitrogen and oxygen atoms in total. The number of aryl methyl sites for hydroxylation is 1. The molecule has 0 saturated carbocycles. The zero-order chi connectivity index (χ0) is 12.1. The standard InChI is InChI=1S/C12H13FN4/c1-2-9-4-3-5-14-11(9)8-17-12-15-6-10(13)7-16-12/h3-7H,2,8H2,1H3,(H,15,16,17). The van der Waals surface area contributed by atoms with Crippen LogP contribution in [0.2, 0.25) is 0 Å². The second-order valence-electron chi connectivity index (χ2n) is 3.54. The first-order valence-electron chi connectivity index (χ1n) is 5.43. The summed E-state index contributed by atoms with van der Waals surface area (Å²) in [5.41, 5.74) is 2.14. The molecular formula is C12H13FN4. The van der Waals surface area contributed by atoms with Crippen molar-refractivity contribution < 1.29 is 4.39 Å². The van der Waals surface area contributed by atoms with Gasteiger partial charge in [-0.1, -0.05) is 13.0 Å². The van der Waals surface area contributed by atoms with Crippen LogP contribution in [0, 0.1) is 5.82 Å². The molecule has 5 heteroatoms. The lowest BCUT2D eigenvalue weighted by atomic mass is 10.1. The molecule has 0 saturated heterocycles. The van der Waals surface area contributed by atoms with E-state index in [-0.39, 0.29) is 0 Å². The molecule has 2 aromatic heterocycles. The number of aromatic nitrogens is 3. The molecule has 1 N–H and O–H groups in total. The average Bonchev–Trinajstić information content (AvgIpc) is 2.38. The van der Waals surface area contributed by atoms with E-state index in [1.165, 1.54) is 5.56 Å². The maximum Gasteiger partial charge on any atom is 0.223 e. The van der Waals surface area contributed by atoms with E-state index in [0.717, 1.165) is 24.5 Å². The highest BCUT2D eigenvalue weighted by Crippen LogP contribution is 2.08. The van der Waals surface area contributed by atoms with Crippen LogP contribution in [0.3, 0.4) is 0 Å². The molecule has 0 bridgehead atoms. The fourth-order valence-electron chi connectivity index (χ4n) is 1.52. The topological polar surface area (TPSA) is 50.7 Å². The van der Waals surface area contributed by atoms with Crippen LogP contribution < -0.4 is 5.32 Å². The van der Waals surface area contributed by atoms with Crippen molar-refractivity contribution in [3.63, 3.8) is 0 Å². The Labute approximate surface area is 99.0 Å². The molecule has 17 heavy (non-hydrogen) atoms. The lowest BCUT2D eigenvalue weighted by molar-refractivity contribution is 0.614. The van der Waals surface area contributed by atoms with Crippen molar-refractivity contribution in [1.29, 1.82) is 0 Å². The maximum absolute atomic E-state index is 12.6. The zero-order valence-corrected chi connectivity index (χ0v) is 9.52. The second kappa shape index (κ2) is 5.34. The van der Waals surface area contributed by atoms with Crippen LogP contribution in [-0.4, -0.2) is 15.0 Å². The Morgan fingerprint density at radius 2 is 2.00 bits per heavy atom. The molecule has 0 radical (unpaired) electrons. The summed E-state index contributed by atoms with van der Waals surface area (Å²) >= 11 is 0.